The molecular weight excluding hydrogens is 551 g/mol. The van der Waals surface area contributed by atoms with Crippen molar-refractivity contribution < 1.29 is 19.4 Å². The van der Waals surface area contributed by atoms with Gasteiger partial charge in [-0.1, -0.05) is 87.1 Å². The van der Waals surface area contributed by atoms with Crippen LogP contribution in [-0.4, -0.2) is 34.0 Å². The van der Waals surface area contributed by atoms with Crippen LogP contribution < -0.4 is 0 Å². The minimum absolute atomic E-state index is 0.0576. The van der Waals surface area contributed by atoms with Gasteiger partial charge in [0.25, 0.3) is 0 Å². The zero-order valence-corrected chi connectivity index (χ0v) is 23.8. The average Bonchev–Trinajstić information content (AvgIpc) is 3.63. The van der Waals surface area contributed by atoms with E-state index in [4.69, 9.17) is 4.74 Å². The molecule has 6 rings (SSSR count). The number of alkyl halides is 1. The van der Waals surface area contributed by atoms with E-state index in [-0.39, 0.29) is 30.0 Å². The number of allylic oxidation sites excluding steroid dienone is 1. The molecule has 10 atom stereocenters. The standard InChI is InChI=1S/C30H43IO4/c1-17(2)24-12-21-13-28(16-32)23-9-8-18(3)22(23)14-29(21,30(24,28)27(33)34)26-11-20(25(15-31)35-26)10-19-6-4-5-7-19/h12,16-23,25-26H,4-11,13-15H2,1-3H3,(H,33,34)/t18-,20+,21?,22-,23-,25+,26-,28?,29?,30+/m1/s1. The highest BCUT2D eigenvalue weighted by Gasteiger charge is 2.86. The summed E-state index contributed by atoms with van der Waals surface area (Å²) < 4.78 is 8.00. The number of ether oxygens (including phenoxy) is 1. The third-order valence-corrected chi connectivity index (χ3v) is 13.1. The van der Waals surface area contributed by atoms with E-state index >= 15 is 0 Å². The molecular formula is C30H43IO4. The molecule has 0 aromatic rings. The fraction of sp³-hybridized carbons (Fsp3) is 0.867. The van der Waals surface area contributed by atoms with Gasteiger partial charge in [-0.15, -0.1) is 0 Å². The molecule has 1 saturated heterocycles. The van der Waals surface area contributed by atoms with Crippen molar-refractivity contribution >= 4 is 34.8 Å². The number of carboxylic acids is 1. The van der Waals surface area contributed by atoms with Crippen molar-refractivity contribution in [2.45, 2.75) is 97.2 Å². The van der Waals surface area contributed by atoms with Crippen LogP contribution in [0.5, 0.6) is 0 Å². The van der Waals surface area contributed by atoms with Gasteiger partial charge in [0.2, 0.25) is 0 Å². The van der Waals surface area contributed by atoms with Crippen molar-refractivity contribution in [3.05, 3.63) is 11.6 Å². The number of carboxylic acid groups (broad SMARTS) is 1. The first kappa shape index (κ1) is 24.9. The maximum Gasteiger partial charge on any atom is 0.315 e. The predicted octanol–water partition coefficient (Wildman–Crippen LogP) is 6.70. The molecule has 5 heteroatoms. The minimum Gasteiger partial charge on any atom is -0.481 e. The number of hydrogen-bond acceptors (Lipinski definition) is 3. The van der Waals surface area contributed by atoms with Crippen molar-refractivity contribution in [3.63, 3.8) is 0 Å². The van der Waals surface area contributed by atoms with Crippen LogP contribution >= 0.6 is 22.6 Å². The lowest BCUT2D eigenvalue weighted by Crippen LogP contribution is -2.65. The number of carbonyl (C=O) groups excluding carboxylic acids is 1. The van der Waals surface area contributed by atoms with Gasteiger partial charge >= 0.3 is 5.97 Å². The molecule has 6 aliphatic rings. The summed E-state index contributed by atoms with van der Waals surface area (Å²) >= 11 is 2.48. The van der Waals surface area contributed by atoms with Crippen LogP contribution in [-0.2, 0) is 14.3 Å². The number of fused-ring (bicyclic) bond motifs is 2. The van der Waals surface area contributed by atoms with E-state index in [1.165, 1.54) is 32.1 Å². The molecule has 4 nitrogen and oxygen atoms in total. The first-order chi connectivity index (χ1) is 16.8. The summed E-state index contributed by atoms with van der Waals surface area (Å²) in [5.74, 6) is 2.05. The van der Waals surface area contributed by atoms with Gasteiger partial charge in [-0.3, -0.25) is 4.79 Å². The van der Waals surface area contributed by atoms with Gasteiger partial charge in [-0.25, -0.2) is 0 Å². The van der Waals surface area contributed by atoms with E-state index in [9.17, 15) is 14.7 Å². The lowest BCUT2D eigenvalue weighted by Gasteiger charge is -2.60. The van der Waals surface area contributed by atoms with Gasteiger partial charge in [-0.05, 0) is 73.5 Å². The quantitative estimate of drug-likeness (QED) is 0.154. The summed E-state index contributed by atoms with van der Waals surface area (Å²) in [7, 11) is 0. The third-order valence-electron chi connectivity index (χ3n) is 12.2. The Morgan fingerprint density at radius 3 is 2.60 bits per heavy atom. The van der Waals surface area contributed by atoms with E-state index in [0.29, 0.717) is 17.8 Å². The highest BCUT2D eigenvalue weighted by Crippen LogP contribution is 2.84. The Balaban J connectivity index is 1.48. The number of hydrogen-bond donors (Lipinski definition) is 1. The second-order valence-corrected chi connectivity index (χ2v) is 14.5. The number of carbonyl (C=O) groups is 2. The molecule has 3 unspecified atom stereocenters. The fourth-order valence-electron chi connectivity index (χ4n) is 11.1. The van der Waals surface area contributed by atoms with Crippen LogP contribution in [0.1, 0.15) is 85.0 Å². The monoisotopic (exact) mass is 594 g/mol. The van der Waals surface area contributed by atoms with E-state index in [0.717, 1.165) is 54.3 Å². The summed E-state index contributed by atoms with van der Waals surface area (Å²) in [5.41, 5.74) is -1.32. The van der Waals surface area contributed by atoms with E-state index in [1.54, 1.807) is 0 Å². The molecule has 0 aromatic heterocycles. The van der Waals surface area contributed by atoms with Gasteiger partial charge in [0, 0.05) is 9.84 Å². The van der Waals surface area contributed by atoms with Crippen LogP contribution in [0.4, 0.5) is 0 Å². The molecule has 1 aliphatic heterocycles. The molecule has 1 N–H and O–H groups in total. The first-order valence-corrected chi connectivity index (χ1v) is 15.9. The third kappa shape index (κ3) is 2.95. The van der Waals surface area contributed by atoms with Crippen molar-refractivity contribution in [2.75, 3.05) is 4.43 Å². The Hall–Kier alpha value is -0.430. The lowest BCUT2D eigenvalue weighted by molar-refractivity contribution is -0.196. The number of halogens is 1. The lowest BCUT2D eigenvalue weighted by atomic mass is 9.41. The van der Waals surface area contributed by atoms with Crippen molar-refractivity contribution in [3.8, 4) is 0 Å². The Kier molecular flexibility index (Phi) is 6.07. The summed E-state index contributed by atoms with van der Waals surface area (Å²) in [6.45, 7) is 6.62. The number of aldehydes is 1. The SMILES string of the molecule is CC(C)C1=CC2CC3(C=O)[C@@H]4CC[C@@H](C)[C@H]4CC2([C@H]2C[C@H](CC4CCCC4)[C@H](CI)O2)[C@]13C(=O)O. The van der Waals surface area contributed by atoms with Crippen molar-refractivity contribution in [1.29, 1.82) is 0 Å². The summed E-state index contributed by atoms with van der Waals surface area (Å²) in [6, 6.07) is 0. The number of aliphatic carboxylic acids is 1. The zero-order valence-electron chi connectivity index (χ0n) is 21.7. The summed E-state index contributed by atoms with van der Waals surface area (Å²) in [4.78, 5) is 27.1. The highest BCUT2D eigenvalue weighted by molar-refractivity contribution is 14.1. The molecule has 1 heterocycles. The molecule has 5 aliphatic carbocycles. The predicted molar refractivity (Wildman–Crippen MR) is 144 cm³/mol. The Bertz CT molecular complexity index is 923. The van der Waals surface area contributed by atoms with Gasteiger partial charge in [0.1, 0.15) is 11.7 Å². The minimum atomic E-state index is -1.10. The molecule has 4 bridgehead atoms. The largest absolute Gasteiger partial charge is 0.481 e. The van der Waals surface area contributed by atoms with Crippen molar-refractivity contribution in [1.82, 2.24) is 0 Å². The van der Waals surface area contributed by atoms with Crippen LogP contribution in [0, 0.1) is 57.7 Å². The Morgan fingerprint density at radius 1 is 1.23 bits per heavy atom. The van der Waals surface area contributed by atoms with E-state index in [1.807, 2.05) is 0 Å². The summed E-state index contributed by atoms with van der Waals surface area (Å²) in [6.07, 6.45) is 15.0. The first-order valence-electron chi connectivity index (χ1n) is 14.4. The summed E-state index contributed by atoms with van der Waals surface area (Å²) in [5, 5.41) is 11.3. The molecule has 0 aromatic carbocycles. The molecule has 194 valence electrons. The zero-order chi connectivity index (χ0) is 24.8. The average molecular weight is 595 g/mol. The van der Waals surface area contributed by atoms with Gasteiger partial charge < -0.3 is 14.6 Å². The second-order valence-electron chi connectivity index (χ2n) is 13.6. The topological polar surface area (TPSA) is 63.6 Å². The molecule has 35 heavy (non-hydrogen) atoms. The van der Waals surface area contributed by atoms with E-state index < -0.39 is 22.2 Å². The Morgan fingerprint density at radius 2 is 1.97 bits per heavy atom. The molecule has 0 spiro atoms. The van der Waals surface area contributed by atoms with Gasteiger partial charge in [0.15, 0.2) is 0 Å². The highest BCUT2D eigenvalue weighted by atomic mass is 127. The van der Waals surface area contributed by atoms with Gasteiger partial charge in [0.05, 0.1) is 17.6 Å². The normalized spacial score (nSPS) is 50.7. The smallest absolute Gasteiger partial charge is 0.315 e. The van der Waals surface area contributed by atoms with Crippen LogP contribution in [0.25, 0.3) is 0 Å². The molecule has 5 fully saturated rings. The molecule has 4 saturated carbocycles. The van der Waals surface area contributed by atoms with Crippen molar-refractivity contribution in [2.24, 2.45) is 57.7 Å². The molecule has 0 radical (unpaired) electrons. The number of rotatable bonds is 7. The maximum atomic E-state index is 13.8. The molecule has 0 amide bonds. The van der Waals surface area contributed by atoms with Crippen LogP contribution in [0.3, 0.4) is 0 Å². The Labute approximate surface area is 224 Å². The van der Waals surface area contributed by atoms with Crippen LogP contribution in [0.15, 0.2) is 11.6 Å². The van der Waals surface area contributed by atoms with Crippen LogP contribution in [0.2, 0.25) is 0 Å². The second kappa shape index (κ2) is 8.54. The van der Waals surface area contributed by atoms with E-state index in [2.05, 4.69) is 49.4 Å². The maximum absolute atomic E-state index is 13.8. The fourth-order valence-corrected chi connectivity index (χ4v) is 12.0. The van der Waals surface area contributed by atoms with Gasteiger partial charge in [-0.2, -0.15) is 0 Å².